The Morgan fingerprint density at radius 3 is 2.60 bits per heavy atom. The predicted molar refractivity (Wildman–Crippen MR) is 66.8 cm³/mol. The van der Waals surface area contributed by atoms with Gasteiger partial charge in [0.1, 0.15) is 6.07 Å². The molecule has 0 aliphatic rings. The summed E-state index contributed by atoms with van der Waals surface area (Å²) in [6, 6.07) is 8.42. The number of benzene rings is 1. The third-order valence-corrected chi connectivity index (χ3v) is 3.13. The van der Waals surface area contributed by atoms with E-state index in [2.05, 4.69) is 41.2 Å². The average molecular weight is 267 g/mol. The molecule has 80 valence electrons. The van der Waals surface area contributed by atoms with E-state index in [4.69, 9.17) is 5.26 Å². The third kappa shape index (κ3) is 2.97. The predicted octanol–water partition coefficient (Wildman–Crippen LogP) is 3.92. The summed E-state index contributed by atoms with van der Waals surface area (Å²) in [5.41, 5.74) is 1.60. The number of nitriles is 1. The molecule has 0 aromatic heterocycles. The van der Waals surface area contributed by atoms with Crippen molar-refractivity contribution >= 4 is 21.6 Å². The number of anilines is 1. The highest BCUT2D eigenvalue weighted by atomic mass is 79.9. The van der Waals surface area contributed by atoms with Crippen molar-refractivity contribution in [2.24, 2.45) is 0 Å². The number of halogens is 1. The molecule has 0 aliphatic carbocycles. The normalized spacial score (nSPS) is 10.1. The van der Waals surface area contributed by atoms with Crippen molar-refractivity contribution in [2.45, 2.75) is 32.7 Å². The van der Waals surface area contributed by atoms with Gasteiger partial charge >= 0.3 is 0 Å². The van der Waals surface area contributed by atoms with Crippen LogP contribution in [0.4, 0.5) is 5.69 Å². The second-order valence-electron chi connectivity index (χ2n) is 3.43. The van der Waals surface area contributed by atoms with Gasteiger partial charge in [0.15, 0.2) is 0 Å². The topological polar surface area (TPSA) is 35.8 Å². The first-order chi connectivity index (χ1) is 7.22. The van der Waals surface area contributed by atoms with Crippen LogP contribution in [0.2, 0.25) is 0 Å². The highest BCUT2D eigenvalue weighted by molar-refractivity contribution is 9.10. The molecule has 1 aromatic rings. The van der Waals surface area contributed by atoms with Crippen molar-refractivity contribution in [2.75, 3.05) is 5.32 Å². The van der Waals surface area contributed by atoms with E-state index >= 15 is 0 Å². The first-order valence-electron chi connectivity index (χ1n) is 5.18. The lowest BCUT2D eigenvalue weighted by molar-refractivity contribution is 0.671. The number of hydrogen-bond acceptors (Lipinski definition) is 2. The zero-order valence-corrected chi connectivity index (χ0v) is 10.6. The number of nitrogens with one attached hydrogen (secondary N) is 1. The van der Waals surface area contributed by atoms with Crippen LogP contribution in [-0.4, -0.2) is 6.04 Å². The summed E-state index contributed by atoms with van der Waals surface area (Å²) in [7, 11) is 0. The Hall–Kier alpha value is -1.01. The highest BCUT2D eigenvalue weighted by Gasteiger charge is 2.09. The molecular weight excluding hydrogens is 252 g/mol. The molecule has 0 amide bonds. The van der Waals surface area contributed by atoms with Gasteiger partial charge in [-0.1, -0.05) is 19.9 Å². The van der Waals surface area contributed by atoms with Crippen LogP contribution in [0.1, 0.15) is 32.3 Å². The van der Waals surface area contributed by atoms with Crippen LogP contribution >= 0.6 is 15.9 Å². The van der Waals surface area contributed by atoms with Gasteiger partial charge in [-0.25, -0.2) is 0 Å². The molecule has 0 spiro atoms. The Balaban J connectivity index is 2.95. The van der Waals surface area contributed by atoms with Gasteiger partial charge in [0, 0.05) is 10.5 Å². The summed E-state index contributed by atoms with van der Waals surface area (Å²) >= 11 is 3.38. The van der Waals surface area contributed by atoms with Crippen LogP contribution < -0.4 is 5.32 Å². The zero-order chi connectivity index (χ0) is 11.3. The summed E-state index contributed by atoms with van der Waals surface area (Å²) in [5, 5.41) is 12.4. The molecule has 15 heavy (non-hydrogen) atoms. The monoisotopic (exact) mass is 266 g/mol. The van der Waals surface area contributed by atoms with Crippen molar-refractivity contribution in [1.29, 1.82) is 5.26 Å². The molecule has 3 heteroatoms. The van der Waals surface area contributed by atoms with Gasteiger partial charge in [-0.15, -0.1) is 0 Å². The molecule has 2 nitrogen and oxygen atoms in total. The summed E-state index contributed by atoms with van der Waals surface area (Å²) in [6.45, 7) is 4.29. The largest absolute Gasteiger partial charge is 0.381 e. The van der Waals surface area contributed by atoms with Crippen LogP contribution in [0.5, 0.6) is 0 Å². The Bertz CT molecular complexity index is 364. The second kappa shape index (κ2) is 5.77. The number of rotatable bonds is 4. The van der Waals surface area contributed by atoms with Gasteiger partial charge in [-0.2, -0.15) is 5.26 Å². The van der Waals surface area contributed by atoms with Crippen molar-refractivity contribution in [1.82, 2.24) is 0 Å². The van der Waals surface area contributed by atoms with E-state index in [1.165, 1.54) is 0 Å². The number of hydrogen-bond donors (Lipinski definition) is 1. The SMILES string of the molecule is CCC(CC)Nc1cccc(Br)c1C#N. The average Bonchev–Trinajstić information content (AvgIpc) is 2.26. The molecule has 1 aromatic carbocycles. The van der Waals surface area contributed by atoms with Gasteiger partial charge in [-0.05, 0) is 40.9 Å². The zero-order valence-electron chi connectivity index (χ0n) is 9.05. The van der Waals surface area contributed by atoms with E-state index in [0.717, 1.165) is 23.0 Å². The molecule has 0 bridgehead atoms. The van der Waals surface area contributed by atoms with Crippen molar-refractivity contribution in [3.8, 4) is 6.07 Å². The lowest BCUT2D eigenvalue weighted by Crippen LogP contribution is -2.17. The maximum absolute atomic E-state index is 9.04. The summed E-state index contributed by atoms with van der Waals surface area (Å²) in [5.74, 6) is 0. The highest BCUT2D eigenvalue weighted by Crippen LogP contribution is 2.24. The fourth-order valence-electron chi connectivity index (χ4n) is 1.47. The molecule has 0 heterocycles. The van der Waals surface area contributed by atoms with E-state index in [-0.39, 0.29) is 0 Å². The molecular formula is C12H15BrN2. The quantitative estimate of drug-likeness (QED) is 0.897. The minimum atomic E-state index is 0.436. The molecule has 0 fully saturated rings. The lowest BCUT2D eigenvalue weighted by Gasteiger charge is -2.17. The minimum absolute atomic E-state index is 0.436. The maximum Gasteiger partial charge on any atom is 0.103 e. The van der Waals surface area contributed by atoms with Crippen LogP contribution in [0, 0.1) is 11.3 Å². The van der Waals surface area contributed by atoms with E-state index in [1.54, 1.807) is 0 Å². The van der Waals surface area contributed by atoms with E-state index in [9.17, 15) is 0 Å². The molecule has 0 unspecified atom stereocenters. The molecule has 0 atom stereocenters. The minimum Gasteiger partial charge on any atom is -0.381 e. The van der Waals surface area contributed by atoms with Crippen molar-refractivity contribution in [3.63, 3.8) is 0 Å². The van der Waals surface area contributed by atoms with Gasteiger partial charge in [0.2, 0.25) is 0 Å². The molecule has 0 saturated carbocycles. The molecule has 0 radical (unpaired) electrons. The summed E-state index contributed by atoms with van der Waals surface area (Å²) in [6.07, 6.45) is 2.13. The van der Waals surface area contributed by atoms with Crippen LogP contribution in [0.25, 0.3) is 0 Å². The van der Waals surface area contributed by atoms with Crippen LogP contribution in [-0.2, 0) is 0 Å². The molecule has 0 saturated heterocycles. The van der Waals surface area contributed by atoms with Crippen LogP contribution in [0.3, 0.4) is 0 Å². The molecule has 1 rings (SSSR count). The van der Waals surface area contributed by atoms with Crippen molar-refractivity contribution in [3.05, 3.63) is 28.2 Å². The number of nitrogens with zero attached hydrogens (tertiary/aromatic N) is 1. The van der Waals surface area contributed by atoms with E-state index < -0.39 is 0 Å². The lowest BCUT2D eigenvalue weighted by atomic mass is 10.1. The molecule has 1 N–H and O–H groups in total. The summed E-state index contributed by atoms with van der Waals surface area (Å²) < 4.78 is 0.848. The Morgan fingerprint density at radius 2 is 2.07 bits per heavy atom. The Morgan fingerprint density at radius 1 is 1.40 bits per heavy atom. The standard InChI is InChI=1S/C12H15BrN2/c1-3-9(4-2)15-12-7-5-6-11(13)10(12)8-14/h5-7,9,15H,3-4H2,1-2H3. The fraction of sp³-hybridized carbons (Fsp3) is 0.417. The Labute approximate surface area is 99.4 Å². The summed E-state index contributed by atoms with van der Waals surface area (Å²) in [4.78, 5) is 0. The van der Waals surface area contributed by atoms with Gasteiger partial charge in [0.25, 0.3) is 0 Å². The van der Waals surface area contributed by atoms with Crippen molar-refractivity contribution < 1.29 is 0 Å². The van der Waals surface area contributed by atoms with Gasteiger partial charge in [-0.3, -0.25) is 0 Å². The van der Waals surface area contributed by atoms with E-state index in [1.807, 2.05) is 18.2 Å². The first kappa shape index (κ1) is 12.1. The van der Waals surface area contributed by atoms with E-state index in [0.29, 0.717) is 11.6 Å². The third-order valence-electron chi connectivity index (χ3n) is 2.47. The van der Waals surface area contributed by atoms with Gasteiger partial charge < -0.3 is 5.32 Å². The Kier molecular flexibility index (Phi) is 4.64. The second-order valence-corrected chi connectivity index (χ2v) is 4.29. The smallest absolute Gasteiger partial charge is 0.103 e. The fourth-order valence-corrected chi connectivity index (χ4v) is 1.93. The first-order valence-corrected chi connectivity index (χ1v) is 5.97. The molecule has 0 aliphatic heterocycles. The van der Waals surface area contributed by atoms with Crippen LogP contribution in [0.15, 0.2) is 22.7 Å². The van der Waals surface area contributed by atoms with Gasteiger partial charge in [0.05, 0.1) is 11.3 Å². The maximum atomic E-state index is 9.04.